The topological polar surface area (TPSA) is 51.2 Å². The van der Waals surface area contributed by atoms with Crippen LogP contribution >= 0.6 is 11.3 Å². The second-order valence-corrected chi connectivity index (χ2v) is 6.83. The minimum atomic E-state index is -0.0814. The molecule has 0 radical (unpaired) electrons. The van der Waals surface area contributed by atoms with Gasteiger partial charge in [-0.1, -0.05) is 29.8 Å². The van der Waals surface area contributed by atoms with E-state index in [1.165, 1.54) is 5.56 Å². The van der Waals surface area contributed by atoms with E-state index in [9.17, 15) is 4.79 Å². The molecule has 3 aromatic rings. The molecule has 26 heavy (non-hydrogen) atoms. The van der Waals surface area contributed by atoms with Crippen LogP contribution in [-0.2, 0) is 6.42 Å². The van der Waals surface area contributed by atoms with Gasteiger partial charge < -0.3 is 10.1 Å². The summed E-state index contributed by atoms with van der Waals surface area (Å²) in [6.45, 7) is 5.18. The van der Waals surface area contributed by atoms with Gasteiger partial charge in [0.15, 0.2) is 0 Å². The lowest BCUT2D eigenvalue weighted by Crippen LogP contribution is -2.25. The smallest absolute Gasteiger partial charge is 0.251 e. The van der Waals surface area contributed by atoms with Gasteiger partial charge in [-0.3, -0.25) is 4.79 Å². The monoisotopic (exact) mass is 366 g/mol. The maximum Gasteiger partial charge on any atom is 0.251 e. The molecule has 0 atom stereocenters. The highest BCUT2D eigenvalue weighted by molar-refractivity contribution is 7.13. The average molecular weight is 366 g/mol. The van der Waals surface area contributed by atoms with Crippen molar-refractivity contribution in [3.8, 4) is 16.3 Å². The summed E-state index contributed by atoms with van der Waals surface area (Å²) in [7, 11) is 0. The van der Waals surface area contributed by atoms with Gasteiger partial charge in [-0.05, 0) is 38.1 Å². The number of amides is 1. The van der Waals surface area contributed by atoms with E-state index in [0.29, 0.717) is 25.1 Å². The SMILES string of the molecule is CCOc1ccc(C(=O)NCCc2csc(-c3ccc(C)cc3)n2)cc1. The molecule has 5 heteroatoms. The summed E-state index contributed by atoms with van der Waals surface area (Å²) in [6, 6.07) is 15.5. The Bertz CT molecular complexity index is 854. The van der Waals surface area contributed by atoms with Gasteiger partial charge in [0.25, 0.3) is 5.91 Å². The van der Waals surface area contributed by atoms with Crippen molar-refractivity contribution in [2.45, 2.75) is 20.3 Å². The van der Waals surface area contributed by atoms with Crippen LogP contribution in [0.25, 0.3) is 10.6 Å². The van der Waals surface area contributed by atoms with Crippen molar-refractivity contribution in [2.75, 3.05) is 13.2 Å². The maximum atomic E-state index is 12.2. The van der Waals surface area contributed by atoms with Crippen LogP contribution in [0.1, 0.15) is 28.5 Å². The van der Waals surface area contributed by atoms with E-state index in [1.54, 1.807) is 23.5 Å². The Kier molecular flexibility index (Phi) is 6.02. The quantitative estimate of drug-likeness (QED) is 0.670. The molecular weight excluding hydrogens is 344 g/mol. The zero-order chi connectivity index (χ0) is 18.4. The Morgan fingerprint density at radius 2 is 1.85 bits per heavy atom. The number of carbonyl (C=O) groups excluding carboxylic acids is 1. The Balaban J connectivity index is 1.51. The number of hydrogen-bond donors (Lipinski definition) is 1. The minimum absolute atomic E-state index is 0.0814. The van der Waals surface area contributed by atoms with Crippen LogP contribution in [0.4, 0.5) is 0 Å². The predicted molar refractivity (Wildman–Crippen MR) is 106 cm³/mol. The Hall–Kier alpha value is -2.66. The van der Waals surface area contributed by atoms with E-state index in [4.69, 9.17) is 4.74 Å². The second kappa shape index (κ2) is 8.63. The summed E-state index contributed by atoms with van der Waals surface area (Å²) in [5.41, 5.74) is 4.00. The fraction of sp³-hybridized carbons (Fsp3) is 0.238. The number of nitrogens with zero attached hydrogens (tertiary/aromatic N) is 1. The van der Waals surface area contributed by atoms with Crippen LogP contribution in [-0.4, -0.2) is 24.0 Å². The molecule has 0 saturated heterocycles. The van der Waals surface area contributed by atoms with E-state index in [-0.39, 0.29) is 5.91 Å². The number of ether oxygens (including phenoxy) is 1. The molecule has 0 unspecified atom stereocenters. The first-order valence-electron chi connectivity index (χ1n) is 8.68. The number of nitrogens with one attached hydrogen (secondary N) is 1. The number of aryl methyl sites for hydroxylation is 1. The van der Waals surface area contributed by atoms with Gasteiger partial charge in [0, 0.05) is 29.5 Å². The summed E-state index contributed by atoms with van der Waals surface area (Å²) in [5, 5.41) is 6.01. The van der Waals surface area contributed by atoms with Gasteiger partial charge in [-0.2, -0.15) is 0 Å². The standard InChI is InChI=1S/C21H22N2O2S/c1-3-25-19-10-8-16(9-11-19)20(24)22-13-12-18-14-26-21(23-18)17-6-4-15(2)5-7-17/h4-11,14H,3,12-13H2,1-2H3,(H,22,24). The predicted octanol–water partition coefficient (Wildman–Crippen LogP) is 4.49. The molecule has 0 bridgehead atoms. The lowest BCUT2D eigenvalue weighted by atomic mass is 10.2. The fourth-order valence-electron chi connectivity index (χ4n) is 2.53. The zero-order valence-corrected chi connectivity index (χ0v) is 15.8. The summed E-state index contributed by atoms with van der Waals surface area (Å²) < 4.78 is 5.39. The molecule has 0 saturated carbocycles. The Morgan fingerprint density at radius 3 is 2.54 bits per heavy atom. The molecule has 2 aromatic carbocycles. The molecule has 134 valence electrons. The van der Waals surface area contributed by atoms with Crippen LogP contribution in [0.15, 0.2) is 53.9 Å². The molecule has 1 heterocycles. The van der Waals surface area contributed by atoms with Crippen molar-refractivity contribution >= 4 is 17.2 Å². The van der Waals surface area contributed by atoms with Crippen molar-refractivity contribution in [3.63, 3.8) is 0 Å². The van der Waals surface area contributed by atoms with Crippen LogP contribution in [0.2, 0.25) is 0 Å². The van der Waals surface area contributed by atoms with Crippen molar-refractivity contribution < 1.29 is 9.53 Å². The molecule has 3 rings (SSSR count). The Morgan fingerprint density at radius 1 is 1.12 bits per heavy atom. The van der Waals surface area contributed by atoms with Gasteiger partial charge in [0.05, 0.1) is 12.3 Å². The molecule has 1 aromatic heterocycles. The zero-order valence-electron chi connectivity index (χ0n) is 15.0. The molecule has 4 nitrogen and oxygen atoms in total. The van der Waals surface area contributed by atoms with Crippen molar-refractivity contribution in [3.05, 3.63) is 70.7 Å². The molecule has 1 N–H and O–H groups in total. The first-order chi connectivity index (χ1) is 12.7. The highest BCUT2D eigenvalue weighted by Gasteiger charge is 2.07. The first-order valence-corrected chi connectivity index (χ1v) is 9.56. The molecule has 0 spiro atoms. The van der Waals surface area contributed by atoms with Crippen LogP contribution in [0, 0.1) is 6.92 Å². The van der Waals surface area contributed by atoms with Gasteiger partial charge >= 0.3 is 0 Å². The van der Waals surface area contributed by atoms with E-state index in [2.05, 4.69) is 46.9 Å². The van der Waals surface area contributed by atoms with E-state index >= 15 is 0 Å². The second-order valence-electron chi connectivity index (χ2n) is 5.97. The van der Waals surface area contributed by atoms with E-state index in [1.807, 2.05) is 19.1 Å². The normalized spacial score (nSPS) is 10.5. The molecule has 0 fully saturated rings. The number of hydrogen-bond acceptors (Lipinski definition) is 4. The number of benzene rings is 2. The molecule has 0 aliphatic rings. The third-order valence-corrected chi connectivity index (χ3v) is 4.88. The summed E-state index contributed by atoms with van der Waals surface area (Å²) in [4.78, 5) is 16.9. The summed E-state index contributed by atoms with van der Waals surface area (Å²) in [6.07, 6.45) is 0.713. The van der Waals surface area contributed by atoms with Crippen LogP contribution in [0.3, 0.4) is 0 Å². The summed E-state index contributed by atoms with van der Waals surface area (Å²) in [5.74, 6) is 0.692. The molecule has 0 aliphatic carbocycles. The molecule has 0 aliphatic heterocycles. The highest BCUT2D eigenvalue weighted by atomic mass is 32.1. The number of rotatable bonds is 7. The maximum absolute atomic E-state index is 12.2. The van der Waals surface area contributed by atoms with Crippen LogP contribution in [0.5, 0.6) is 5.75 Å². The number of carbonyl (C=O) groups is 1. The van der Waals surface area contributed by atoms with Gasteiger partial charge in [0.2, 0.25) is 0 Å². The minimum Gasteiger partial charge on any atom is -0.494 e. The van der Waals surface area contributed by atoms with E-state index < -0.39 is 0 Å². The average Bonchev–Trinajstić information content (AvgIpc) is 3.12. The van der Waals surface area contributed by atoms with Crippen molar-refractivity contribution in [2.24, 2.45) is 0 Å². The largest absolute Gasteiger partial charge is 0.494 e. The highest BCUT2D eigenvalue weighted by Crippen LogP contribution is 2.24. The van der Waals surface area contributed by atoms with Gasteiger partial charge in [0.1, 0.15) is 10.8 Å². The van der Waals surface area contributed by atoms with Gasteiger partial charge in [-0.25, -0.2) is 4.98 Å². The van der Waals surface area contributed by atoms with Crippen LogP contribution < -0.4 is 10.1 Å². The first kappa shape index (κ1) is 18.1. The lowest BCUT2D eigenvalue weighted by Gasteiger charge is -2.06. The van der Waals surface area contributed by atoms with E-state index in [0.717, 1.165) is 22.0 Å². The third-order valence-electron chi connectivity index (χ3n) is 3.94. The number of aromatic nitrogens is 1. The van der Waals surface area contributed by atoms with Crippen molar-refractivity contribution in [1.29, 1.82) is 0 Å². The summed E-state index contributed by atoms with van der Waals surface area (Å²) >= 11 is 1.63. The Labute approximate surface area is 157 Å². The fourth-order valence-corrected chi connectivity index (χ4v) is 3.39. The number of thiazole rings is 1. The molecule has 1 amide bonds. The van der Waals surface area contributed by atoms with Gasteiger partial charge in [-0.15, -0.1) is 11.3 Å². The lowest BCUT2D eigenvalue weighted by molar-refractivity contribution is 0.0954. The third kappa shape index (κ3) is 4.70. The molecular formula is C21H22N2O2S. The van der Waals surface area contributed by atoms with Crippen molar-refractivity contribution in [1.82, 2.24) is 10.3 Å².